The van der Waals surface area contributed by atoms with E-state index in [0.29, 0.717) is 27.5 Å². The van der Waals surface area contributed by atoms with E-state index in [1.807, 2.05) is 60.7 Å². The molecular formula is C35H38N2O9. The Morgan fingerprint density at radius 1 is 0.696 bits per heavy atom. The number of ether oxygens (including phenoxy) is 4. The second kappa shape index (κ2) is 14.3. The van der Waals surface area contributed by atoms with Crippen LogP contribution in [-0.4, -0.2) is 44.5 Å². The third kappa shape index (κ3) is 9.67. The number of fused-ring (bicyclic) bond motifs is 1. The Morgan fingerprint density at radius 3 is 1.63 bits per heavy atom. The molecular weight excluding hydrogens is 592 g/mol. The molecule has 11 heteroatoms. The molecule has 46 heavy (non-hydrogen) atoms. The summed E-state index contributed by atoms with van der Waals surface area (Å²) in [7, 11) is 0. The largest absolute Gasteiger partial charge is 0.485 e. The Bertz CT molecular complexity index is 1650. The molecule has 0 radical (unpaired) electrons. The first-order valence-electron chi connectivity index (χ1n) is 14.6. The van der Waals surface area contributed by atoms with Gasteiger partial charge in [0.1, 0.15) is 31.0 Å². The lowest BCUT2D eigenvalue weighted by Gasteiger charge is -2.27. The van der Waals surface area contributed by atoms with Crippen LogP contribution < -0.4 is 9.47 Å². The van der Waals surface area contributed by atoms with Gasteiger partial charge in [-0.25, -0.2) is 19.4 Å². The van der Waals surface area contributed by atoms with Gasteiger partial charge in [0.25, 0.3) is 0 Å². The minimum absolute atomic E-state index is 0.0871. The highest BCUT2D eigenvalue weighted by Gasteiger charge is 2.33. The molecule has 0 fully saturated rings. The fourth-order valence-corrected chi connectivity index (χ4v) is 4.14. The number of pyridine rings is 1. The maximum atomic E-state index is 12.9. The number of carboxylic acids is 1. The van der Waals surface area contributed by atoms with Crippen LogP contribution in [0, 0.1) is 0 Å². The highest BCUT2D eigenvalue weighted by molar-refractivity contribution is 5.93. The van der Waals surface area contributed by atoms with Crippen LogP contribution in [-0.2, 0) is 34.1 Å². The zero-order chi connectivity index (χ0) is 33.5. The molecule has 3 aromatic carbocycles. The number of aromatic carboxylic acids is 1. The molecule has 0 bridgehead atoms. The number of amides is 2. The zero-order valence-electron chi connectivity index (χ0n) is 26.7. The molecule has 1 heterocycles. The number of carbonyl (C=O) groups excluding carboxylic acids is 2. The van der Waals surface area contributed by atoms with E-state index in [2.05, 4.69) is 4.98 Å². The molecule has 0 spiro atoms. The number of imide groups is 1. The SMILES string of the molecule is CC(C)(C)OC(=O)N(OCc1cc2cc(OCc3ccccc3)c(OCc3ccccc3)cc2nc1C(=O)O)C(=O)OC(C)(C)C. The van der Waals surface area contributed by atoms with E-state index < -0.39 is 36.0 Å². The number of hydrogen-bond acceptors (Lipinski definition) is 9. The molecule has 2 amide bonds. The number of rotatable bonds is 10. The maximum absolute atomic E-state index is 12.9. The third-order valence-electron chi connectivity index (χ3n) is 6.10. The predicted molar refractivity (Wildman–Crippen MR) is 169 cm³/mol. The van der Waals surface area contributed by atoms with Crippen LogP contribution in [0.15, 0.2) is 78.9 Å². The van der Waals surface area contributed by atoms with Gasteiger partial charge < -0.3 is 24.1 Å². The topological polar surface area (TPSA) is 134 Å². The number of carbonyl (C=O) groups is 3. The molecule has 0 saturated heterocycles. The summed E-state index contributed by atoms with van der Waals surface area (Å²) in [5.41, 5.74) is 0.0448. The number of hydrogen-bond donors (Lipinski definition) is 1. The number of nitrogens with zero attached hydrogens (tertiary/aromatic N) is 2. The predicted octanol–water partition coefficient (Wildman–Crippen LogP) is 7.69. The van der Waals surface area contributed by atoms with Gasteiger partial charge in [-0.15, -0.1) is 0 Å². The van der Waals surface area contributed by atoms with Crippen molar-refractivity contribution in [3.63, 3.8) is 0 Å². The summed E-state index contributed by atoms with van der Waals surface area (Å²) in [5.74, 6) is -0.549. The molecule has 4 aromatic rings. The number of carboxylic acid groups (broad SMARTS) is 1. The highest BCUT2D eigenvalue weighted by atomic mass is 16.8. The highest BCUT2D eigenvalue weighted by Crippen LogP contribution is 2.34. The van der Waals surface area contributed by atoms with Crippen LogP contribution in [0.1, 0.15) is 68.7 Å². The van der Waals surface area contributed by atoms with Gasteiger partial charge >= 0.3 is 18.2 Å². The van der Waals surface area contributed by atoms with Crippen LogP contribution >= 0.6 is 0 Å². The van der Waals surface area contributed by atoms with Crippen LogP contribution in [0.25, 0.3) is 10.9 Å². The van der Waals surface area contributed by atoms with E-state index in [1.165, 1.54) is 0 Å². The molecule has 0 aliphatic heterocycles. The van der Waals surface area contributed by atoms with Gasteiger partial charge in [-0.1, -0.05) is 65.7 Å². The van der Waals surface area contributed by atoms with E-state index in [9.17, 15) is 19.5 Å². The second-order valence-electron chi connectivity index (χ2n) is 12.4. The Labute approximate surface area is 267 Å². The third-order valence-corrected chi connectivity index (χ3v) is 6.10. The first-order chi connectivity index (χ1) is 21.7. The quantitative estimate of drug-likeness (QED) is 0.174. The fourth-order valence-electron chi connectivity index (χ4n) is 4.14. The lowest BCUT2D eigenvalue weighted by atomic mass is 10.1. The molecule has 11 nitrogen and oxygen atoms in total. The van der Waals surface area contributed by atoms with Crippen molar-refractivity contribution in [2.45, 2.75) is 72.6 Å². The van der Waals surface area contributed by atoms with Crippen molar-refractivity contribution in [3.05, 3.63) is 101 Å². The first kappa shape index (κ1) is 33.7. The molecule has 0 atom stereocenters. The maximum Gasteiger partial charge on any atom is 0.444 e. The van der Waals surface area contributed by atoms with E-state index in [1.54, 1.807) is 59.7 Å². The normalized spacial score (nSPS) is 11.5. The van der Waals surface area contributed by atoms with Crippen LogP contribution in [0.3, 0.4) is 0 Å². The van der Waals surface area contributed by atoms with Crippen LogP contribution in [0.2, 0.25) is 0 Å². The fraction of sp³-hybridized carbons (Fsp3) is 0.314. The molecule has 0 aliphatic carbocycles. The molecule has 4 rings (SSSR count). The standard InChI is InChI=1S/C35H38N2O9/c1-34(2,3)45-32(40)37(33(41)46-35(4,5)6)44-22-26-17-25-18-28(42-20-23-13-9-7-10-14-23)29(19-27(25)36-30(26)31(38)39)43-21-24-15-11-8-12-16-24/h7-19H,20-22H2,1-6H3,(H,38,39). The molecule has 0 saturated carbocycles. The summed E-state index contributed by atoms with van der Waals surface area (Å²) >= 11 is 0. The summed E-state index contributed by atoms with van der Waals surface area (Å²) < 4.78 is 22.9. The average molecular weight is 631 g/mol. The van der Waals surface area contributed by atoms with Gasteiger partial charge in [-0.05, 0) is 64.8 Å². The van der Waals surface area contributed by atoms with Crippen molar-refractivity contribution in [3.8, 4) is 11.5 Å². The van der Waals surface area contributed by atoms with Gasteiger partial charge in [0.15, 0.2) is 17.2 Å². The summed E-state index contributed by atoms with van der Waals surface area (Å²) in [6.07, 6.45) is -2.24. The average Bonchev–Trinajstić information content (AvgIpc) is 2.97. The minimum Gasteiger partial charge on any atom is -0.485 e. The van der Waals surface area contributed by atoms with E-state index in [0.717, 1.165) is 11.1 Å². The van der Waals surface area contributed by atoms with Crippen LogP contribution in [0.4, 0.5) is 9.59 Å². The Balaban J connectivity index is 1.69. The molecule has 0 unspecified atom stereocenters. The van der Waals surface area contributed by atoms with Crippen molar-refractivity contribution < 1.29 is 43.3 Å². The summed E-state index contributed by atoms with van der Waals surface area (Å²) in [6.45, 7) is 9.75. The number of aromatic nitrogens is 1. The van der Waals surface area contributed by atoms with Gasteiger partial charge in [-0.2, -0.15) is 0 Å². The van der Waals surface area contributed by atoms with Gasteiger partial charge in [0.2, 0.25) is 0 Å². The van der Waals surface area contributed by atoms with Crippen molar-refractivity contribution >= 4 is 29.1 Å². The monoisotopic (exact) mass is 630 g/mol. The van der Waals surface area contributed by atoms with Gasteiger partial charge in [0.05, 0.1) is 5.52 Å². The minimum atomic E-state index is -1.34. The van der Waals surface area contributed by atoms with Crippen molar-refractivity contribution in [1.29, 1.82) is 0 Å². The van der Waals surface area contributed by atoms with Crippen LogP contribution in [0.5, 0.6) is 11.5 Å². The molecule has 242 valence electrons. The van der Waals surface area contributed by atoms with Gasteiger partial charge in [0, 0.05) is 17.0 Å². The Kier molecular flexibility index (Phi) is 10.5. The lowest BCUT2D eigenvalue weighted by molar-refractivity contribution is -0.146. The lowest BCUT2D eigenvalue weighted by Crippen LogP contribution is -2.43. The molecule has 1 N–H and O–H groups in total. The van der Waals surface area contributed by atoms with E-state index in [4.69, 9.17) is 23.8 Å². The summed E-state index contributed by atoms with van der Waals surface area (Å²) in [5, 5.41) is 10.9. The Morgan fingerprint density at radius 2 is 1.17 bits per heavy atom. The number of benzene rings is 3. The van der Waals surface area contributed by atoms with Crippen molar-refractivity contribution in [2.75, 3.05) is 0 Å². The zero-order valence-corrected chi connectivity index (χ0v) is 26.7. The second-order valence-corrected chi connectivity index (χ2v) is 12.4. The summed E-state index contributed by atoms with van der Waals surface area (Å²) in [6, 6.07) is 24.0. The van der Waals surface area contributed by atoms with E-state index >= 15 is 0 Å². The van der Waals surface area contributed by atoms with Gasteiger partial charge in [-0.3, -0.25) is 4.84 Å². The summed E-state index contributed by atoms with van der Waals surface area (Å²) in [4.78, 5) is 48.0. The molecule has 1 aromatic heterocycles. The smallest absolute Gasteiger partial charge is 0.444 e. The first-order valence-corrected chi connectivity index (χ1v) is 14.6. The van der Waals surface area contributed by atoms with Crippen molar-refractivity contribution in [2.24, 2.45) is 0 Å². The molecule has 0 aliphatic rings. The van der Waals surface area contributed by atoms with Crippen molar-refractivity contribution in [1.82, 2.24) is 10.0 Å². The number of hydroxylamine groups is 2. The van der Waals surface area contributed by atoms with E-state index in [-0.39, 0.29) is 24.5 Å². The Hall–Kier alpha value is -5.16.